The van der Waals surface area contributed by atoms with Gasteiger partial charge in [0.15, 0.2) is 0 Å². The Labute approximate surface area is 116 Å². The van der Waals surface area contributed by atoms with Crippen molar-refractivity contribution in [2.75, 3.05) is 20.1 Å². The average Bonchev–Trinajstić information content (AvgIpc) is 2.92. The summed E-state index contributed by atoms with van der Waals surface area (Å²) >= 11 is 0. The third-order valence-corrected chi connectivity index (χ3v) is 4.05. The molecule has 3 heteroatoms. The molecule has 102 valence electrons. The largest absolute Gasteiger partial charge is 0.309 e. The molecule has 0 bridgehead atoms. The van der Waals surface area contributed by atoms with Crippen LogP contribution in [0.15, 0.2) is 30.3 Å². The van der Waals surface area contributed by atoms with Crippen LogP contribution in [0.5, 0.6) is 0 Å². The molecule has 0 saturated heterocycles. The van der Waals surface area contributed by atoms with E-state index < -0.39 is 5.54 Å². The van der Waals surface area contributed by atoms with Crippen LogP contribution in [0.3, 0.4) is 0 Å². The monoisotopic (exact) mass is 257 g/mol. The van der Waals surface area contributed by atoms with Crippen LogP contribution in [-0.2, 0) is 5.54 Å². The highest BCUT2D eigenvalue weighted by molar-refractivity contribution is 5.31. The lowest BCUT2D eigenvalue weighted by Crippen LogP contribution is -2.46. The normalized spacial score (nSPS) is 19.3. The zero-order valence-corrected chi connectivity index (χ0v) is 11.7. The van der Waals surface area contributed by atoms with Crippen LogP contribution in [0, 0.1) is 17.2 Å². The number of nitrogens with zero attached hydrogens (tertiary/aromatic N) is 2. The molecular weight excluding hydrogens is 234 g/mol. The fourth-order valence-electron chi connectivity index (χ4n) is 3.05. The van der Waals surface area contributed by atoms with E-state index in [9.17, 15) is 5.26 Å². The minimum atomic E-state index is -0.908. The minimum Gasteiger partial charge on any atom is -0.309 e. The molecule has 1 aliphatic carbocycles. The number of benzene rings is 1. The fraction of sp³-hybridized carbons (Fsp3) is 0.562. The molecule has 0 aromatic heterocycles. The summed E-state index contributed by atoms with van der Waals surface area (Å²) in [6.45, 7) is 1.64. The third kappa shape index (κ3) is 3.56. The first-order valence-corrected chi connectivity index (χ1v) is 7.08. The fourth-order valence-corrected chi connectivity index (χ4v) is 3.05. The molecule has 19 heavy (non-hydrogen) atoms. The van der Waals surface area contributed by atoms with Crippen LogP contribution in [0.4, 0.5) is 0 Å². The summed E-state index contributed by atoms with van der Waals surface area (Å²) in [6, 6.07) is 12.0. The molecule has 1 aromatic rings. The Morgan fingerprint density at radius 1 is 1.32 bits per heavy atom. The summed E-state index contributed by atoms with van der Waals surface area (Å²) in [5.41, 5.74) is 6.28. The van der Waals surface area contributed by atoms with Crippen LogP contribution in [0.25, 0.3) is 0 Å². The van der Waals surface area contributed by atoms with Gasteiger partial charge in [-0.05, 0) is 31.4 Å². The van der Waals surface area contributed by atoms with Crippen molar-refractivity contribution in [2.24, 2.45) is 11.7 Å². The maximum atomic E-state index is 9.45. The zero-order valence-electron chi connectivity index (χ0n) is 11.7. The first kappa shape index (κ1) is 14.0. The van der Waals surface area contributed by atoms with E-state index in [2.05, 4.69) is 18.0 Å². The average molecular weight is 257 g/mol. The van der Waals surface area contributed by atoms with Gasteiger partial charge >= 0.3 is 0 Å². The van der Waals surface area contributed by atoms with E-state index in [1.54, 1.807) is 0 Å². The molecule has 3 nitrogen and oxygen atoms in total. The van der Waals surface area contributed by atoms with Gasteiger partial charge in [-0.3, -0.25) is 0 Å². The van der Waals surface area contributed by atoms with E-state index in [1.807, 2.05) is 30.3 Å². The van der Waals surface area contributed by atoms with Crippen LogP contribution >= 0.6 is 0 Å². The van der Waals surface area contributed by atoms with Gasteiger partial charge in [0.25, 0.3) is 0 Å². The summed E-state index contributed by atoms with van der Waals surface area (Å²) in [4.78, 5) is 2.21. The van der Waals surface area contributed by atoms with Gasteiger partial charge < -0.3 is 10.6 Å². The van der Waals surface area contributed by atoms with Crippen molar-refractivity contribution in [3.05, 3.63) is 35.9 Å². The van der Waals surface area contributed by atoms with Gasteiger partial charge in [0.1, 0.15) is 5.54 Å². The SMILES string of the molecule is CN(CC1CCCC1)CC(N)(C#N)c1ccccc1. The van der Waals surface area contributed by atoms with Gasteiger partial charge in [0.2, 0.25) is 0 Å². The van der Waals surface area contributed by atoms with E-state index in [0.717, 1.165) is 18.0 Å². The molecule has 0 heterocycles. The maximum Gasteiger partial charge on any atom is 0.142 e. The van der Waals surface area contributed by atoms with Gasteiger partial charge in [-0.25, -0.2) is 0 Å². The van der Waals surface area contributed by atoms with E-state index in [0.29, 0.717) is 6.54 Å². The summed E-state index contributed by atoms with van der Waals surface area (Å²) in [5.74, 6) is 0.781. The Hall–Kier alpha value is -1.37. The highest BCUT2D eigenvalue weighted by atomic mass is 15.1. The second kappa shape index (κ2) is 6.18. The van der Waals surface area contributed by atoms with Gasteiger partial charge in [0, 0.05) is 13.1 Å². The van der Waals surface area contributed by atoms with Crippen molar-refractivity contribution >= 4 is 0 Å². The van der Waals surface area contributed by atoms with E-state index in [-0.39, 0.29) is 0 Å². The number of nitrogens with two attached hydrogens (primary N) is 1. The zero-order chi connectivity index (χ0) is 13.7. The summed E-state index contributed by atoms with van der Waals surface area (Å²) in [7, 11) is 2.07. The van der Waals surface area contributed by atoms with Gasteiger partial charge in [0.05, 0.1) is 6.07 Å². The maximum absolute atomic E-state index is 9.45. The van der Waals surface area contributed by atoms with Crippen molar-refractivity contribution in [3.63, 3.8) is 0 Å². The van der Waals surface area contributed by atoms with Crippen molar-refractivity contribution in [1.82, 2.24) is 4.90 Å². The predicted octanol–water partition coefficient (Wildman–Crippen LogP) is 2.49. The molecule has 2 N–H and O–H groups in total. The predicted molar refractivity (Wildman–Crippen MR) is 77.4 cm³/mol. The molecule has 1 aromatic carbocycles. The first-order valence-electron chi connectivity index (χ1n) is 7.08. The number of nitriles is 1. The smallest absolute Gasteiger partial charge is 0.142 e. The van der Waals surface area contributed by atoms with Gasteiger partial charge in [-0.2, -0.15) is 5.26 Å². The number of rotatable bonds is 5. The van der Waals surface area contributed by atoms with Gasteiger partial charge in [-0.1, -0.05) is 43.2 Å². The molecule has 1 fully saturated rings. The Balaban J connectivity index is 2.00. The van der Waals surface area contributed by atoms with E-state index in [4.69, 9.17) is 5.73 Å². The highest BCUT2D eigenvalue weighted by Crippen LogP contribution is 2.26. The quantitative estimate of drug-likeness (QED) is 0.881. The lowest BCUT2D eigenvalue weighted by Gasteiger charge is -2.29. The van der Waals surface area contributed by atoms with Crippen molar-refractivity contribution in [2.45, 2.75) is 31.2 Å². The molecule has 1 unspecified atom stereocenters. The first-order chi connectivity index (χ1) is 9.14. The second-order valence-corrected chi connectivity index (χ2v) is 5.80. The van der Waals surface area contributed by atoms with E-state index >= 15 is 0 Å². The molecule has 0 amide bonds. The van der Waals surface area contributed by atoms with Crippen molar-refractivity contribution in [1.29, 1.82) is 5.26 Å². The Kier molecular flexibility index (Phi) is 4.57. The molecule has 2 rings (SSSR count). The summed E-state index contributed by atoms with van der Waals surface area (Å²) < 4.78 is 0. The Morgan fingerprint density at radius 2 is 1.95 bits per heavy atom. The molecule has 0 spiro atoms. The number of hydrogen-bond acceptors (Lipinski definition) is 3. The molecule has 1 aliphatic rings. The number of hydrogen-bond donors (Lipinski definition) is 1. The minimum absolute atomic E-state index is 0.587. The Bertz CT molecular complexity index is 431. The standard InChI is InChI=1S/C16H23N3/c1-19(11-14-7-5-6-8-14)13-16(18,12-17)15-9-3-2-4-10-15/h2-4,9-10,14H,5-8,11,13,18H2,1H3. The second-order valence-electron chi connectivity index (χ2n) is 5.80. The van der Waals surface area contributed by atoms with Crippen LogP contribution in [-0.4, -0.2) is 25.0 Å². The number of likely N-dealkylation sites (N-methyl/N-ethyl adjacent to an activating group) is 1. The van der Waals surface area contributed by atoms with Crippen molar-refractivity contribution < 1.29 is 0 Å². The molecule has 1 atom stereocenters. The molecular formula is C16H23N3. The van der Waals surface area contributed by atoms with E-state index in [1.165, 1.54) is 25.7 Å². The van der Waals surface area contributed by atoms with Gasteiger partial charge in [-0.15, -0.1) is 0 Å². The molecule has 0 radical (unpaired) electrons. The Morgan fingerprint density at radius 3 is 2.53 bits per heavy atom. The highest BCUT2D eigenvalue weighted by Gasteiger charge is 2.29. The summed E-state index contributed by atoms with van der Waals surface area (Å²) in [5, 5.41) is 9.45. The van der Waals surface area contributed by atoms with Crippen molar-refractivity contribution in [3.8, 4) is 6.07 Å². The van der Waals surface area contributed by atoms with Crippen LogP contribution in [0.1, 0.15) is 31.2 Å². The summed E-state index contributed by atoms with van der Waals surface area (Å²) in [6.07, 6.45) is 5.34. The van der Waals surface area contributed by atoms with Crippen LogP contribution in [0.2, 0.25) is 0 Å². The topological polar surface area (TPSA) is 53.0 Å². The van der Waals surface area contributed by atoms with Crippen LogP contribution < -0.4 is 5.73 Å². The third-order valence-electron chi connectivity index (χ3n) is 4.05. The lowest BCUT2D eigenvalue weighted by atomic mass is 9.91. The molecule has 0 aliphatic heterocycles. The lowest BCUT2D eigenvalue weighted by molar-refractivity contribution is 0.242. The molecule has 1 saturated carbocycles.